The highest BCUT2D eigenvalue weighted by Crippen LogP contribution is 2.20. The Balaban J connectivity index is 1.96. The van der Waals surface area contributed by atoms with Gasteiger partial charge in [0.25, 0.3) is 0 Å². The SMILES string of the molecule is CNC(CCc1cnn(C)c1)Cc1cccc(Cl)c1F. The summed E-state index contributed by atoms with van der Waals surface area (Å²) in [5, 5.41) is 7.57. The Morgan fingerprint density at radius 2 is 2.25 bits per heavy atom. The Labute approximate surface area is 123 Å². The molecule has 1 aromatic carbocycles. The third kappa shape index (κ3) is 3.81. The molecule has 1 unspecified atom stereocenters. The number of nitrogens with zero attached hydrogens (tertiary/aromatic N) is 2. The van der Waals surface area contributed by atoms with Gasteiger partial charge in [-0.3, -0.25) is 4.68 Å². The molecule has 0 aliphatic carbocycles. The molecule has 0 bridgehead atoms. The highest BCUT2D eigenvalue weighted by molar-refractivity contribution is 6.30. The van der Waals surface area contributed by atoms with E-state index in [1.807, 2.05) is 26.5 Å². The van der Waals surface area contributed by atoms with Crippen molar-refractivity contribution >= 4 is 11.6 Å². The minimum atomic E-state index is -0.309. The van der Waals surface area contributed by atoms with Gasteiger partial charge in [0, 0.05) is 19.3 Å². The Bertz CT molecular complexity index is 568. The quantitative estimate of drug-likeness (QED) is 0.888. The third-order valence-corrected chi connectivity index (χ3v) is 3.74. The van der Waals surface area contributed by atoms with E-state index in [0.717, 1.165) is 12.8 Å². The monoisotopic (exact) mass is 295 g/mol. The summed E-state index contributed by atoms with van der Waals surface area (Å²) >= 11 is 5.81. The number of nitrogens with one attached hydrogen (secondary N) is 1. The number of likely N-dealkylation sites (N-methyl/N-ethyl adjacent to an activating group) is 1. The van der Waals surface area contributed by atoms with E-state index in [2.05, 4.69) is 10.4 Å². The maximum Gasteiger partial charge on any atom is 0.145 e. The number of hydrogen-bond donors (Lipinski definition) is 1. The molecule has 3 nitrogen and oxygen atoms in total. The van der Waals surface area contributed by atoms with Gasteiger partial charge in [0.15, 0.2) is 0 Å². The highest BCUT2D eigenvalue weighted by atomic mass is 35.5. The van der Waals surface area contributed by atoms with Crippen molar-refractivity contribution in [2.45, 2.75) is 25.3 Å². The third-order valence-electron chi connectivity index (χ3n) is 3.45. The van der Waals surface area contributed by atoms with Gasteiger partial charge in [0.1, 0.15) is 5.82 Å². The standard InChI is InChI=1S/C15H19ClFN3/c1-18-13(7-6-11-9-19-20(2)10-11)8-12-4-3-5-14(16)15(12)17/h3-5,9-10,13,18H,6-8H2,1-2H3. The Kier molecular flexibility index (Phi) is 5.15. The molecular weight excluding hydrogens is 277 g/mol. The average Bonchev–Trinajstić information content (AvgIpc) is 2.85. The first-order valence-corrected chi connectivity index (χ1v) is 7.05. The second-order valence-electron chi connectivity index (χ2n) is 4.96. The molecule has 5 heteroatoms. The summed E-state index contributed by atoms with van der Waals surface area (Å²) in [6.45, 7) is 0. The van der Waals surface area contributed by atoms with Gasteiger partial charge in [-0.2, -0.15) is 5.10 Å². The van der Waals surface area contributed by atoms with Gasteiger partial charge in [0.05, 0.1) is 11.2 Å². The van der Waals surface area contributed by atoms with Gasteiger partial charge in [-0.25, -0.2) is 4.39 Å². The molecule has 1 N–H and O–H groups in total. The zero-order chi connectivity index (χ0) is 14.5. The van der Waals surface area contributed by atoms with Crippen LogP contribution in [-0.2, 0) is 19.9 Å². The van der Waals surface area contributed by atoms with E-state index in [0.29, 0.717) is 12.0 Å². The van der Waals surface area contributed by atoms with Crippen LogP contribution in [0.5, 0.6) is 0 Å². The van der Waals surface area contributed by atoms with E-state index in [1.54, 1.807) is 22.9 Å². The molecule has 0 aliphatic heterocycles. The van der Waals surface area contributed by atoms with Crippen molar-refractivity contribution in [2.75, 3.05) is 7.05 Å². The van der Waals surface area contributed by atoms with Gasteiger partial charge < -0.3 is 5.32 Å². The molecule has 0 radical (unpaired) electrons. The maximum atomic E-state index is 13.9. The highest BCUT2D eigenvalue weighted by Gasteiger charge is 2.13. The maximum absolute atomic E-state index is 13.9. The zero-order valence-corrected chi connectivity index (χ0v) is 12.5. The van der Waals surface area contributed by atoms with Crippen molar-refractivity contribution in [1.29, 1.82) is 0 Å². The fourth-order valence-corrected chi connectivity index (χ4v) is 2.46. The summed E-state index contributed by atoms with van der Waals surface area (Å²) in [4.78, 5) is 0. The second-order valence-corrected chi connectivity index (χ2v) is 5.37. The molecule has 0 amide bonds. The molecule has 20 heavy (non-hydrogen) atoms. The first-order valence-electron chi connectivity index (χ1n) is 6.68. The molecule has 0 fully saturated rings. The number of hydrogen-bond acceptors (Lipinski definition) is 2. The molecule has 1 atom stereocenters. The zero-order valence-electron chi connectivity index (χ0n) is 11.7. The van der Waals surface area contributed by atoms with Crippen molar-refractivity contribution in [1.82, 2.24) is 15.1 Å². The number of aryl methyl sites for hydroxylation is 2. The van der Waals surface area contributed by atoms with Gasteiger partial charge >= 0.3 is 0 Å². The van der Waals surface area contributed by atoms with E-state index in [9.17, 15) is 4.39 Å². The average molecular weight is 296 g/mol. The van der Waals surface area contributed by atoms with Crippen molar-refractivity contribution in [3.05, 3.63) is 52.6 Å². The van der Waals surface area contributed by atoms with E-state index >= 15 is 0 Å². The van der Waals surface area contributed by atoms with Crippen molar-refractivity contribution < 1.29 is 4.39 Å². The normalized spacial score (nSPS) is 12.6. The van der Waals surface area contributed by atoms with E-state index < -0.39 is 0 Å². The lowest BCUT2D eigenvalue weighted by Gasteiger charge is -2.16. The van der Waals surface area contributed by atoms with Crippen LogP contribution >= 0.6 is 11.6 Å². The minimum Gasteiger partial charge on any atom is -0.317 e. The number of rotatable bonds is 6. The fraction of sp³-hybridized carbons (Fsp3) is 0.400. The lowest BCUT2D eigenvalue weighted by molar-refractivity contribution is 0.504. The molecule has 1 heterocycles. The fourth-order valence-electron chi connectivity index (χ4n) is 2.26. The Hall–Kier alpha value is -1.39. The van der Waals surface area contributed by atoms with Crippen LogP contribution in [0.1, 0.15) is 17.5 Å². The van der Waals surface area contributed by atoms with E-state index in [4.69, 9.17) is 11.6 Å². The van der Waals surface area contributed by atoms with Gasteiger partial charge in [-0.15, -0.1) is 0 Å². The smallest absolute Gasteiger partial charge is 0.145 e. The summed E-state index contributed by atoms with van der Waals surface area (Å²) < 4.78 is 15.7. The first kappa shape index (κ1) is 15.0. The van der Waals surface area contributed by atoms with Crippen molar-refractivity contribution in [3.8, 4) is 0 Å². The molecule has 2 rings (SSSR count). The molecular formula is C15H19ClFN3. The predicted molar refractivity (Wildman–Crippen MR) is 79.5 cm³/mol. The summed E-state index contributed by atoms with van der Waals surface area (Å²) in [7, 11) is 3.80. The van der Waals surface area contributed by atoms with Crippen LogP contribution in [0, 0.1) is 5.82 Å². The van der Waals surface area contributed by atoms with Crippen molar-refractivity contribution in [2.24, 2.45) is 7.05 Å². The van der Waals surface area contributed by atoms with Gasteiger partial charge in [-0.1, -0.05) is 23.7 Å². The van der Waals surface area contributed by atoms with Crippen LogP contribution in [0.15, 0.2) is 30.6 Å². The minimum absolute atomic E-state index is 0.185. The summed E-state index contributed by atoms with van der Waals surface area (Å²) in [6, 6.07) is 5.36. The molecule has 2 aromatic rings. The largest absolute Gasteiger partial charge is 0.317 e. The second kappa shape index (κ2) is 6.86. The van der Waals surface area contributed by atoms with Crippen LogP contribution in [-0.4, -0.2) is 22.9 Å². The van der Waals surface area contributed by atoms with Gasteiger partial charge in [-0.05, 0) is 43.5 Å². The van der Waals surface area contributed by atoms with Gasteiger partial charge in [0.2, 0.25) is 0 Å². The molecule has 108 valence electrons. The topological polar surface area (TPSA) is 29.9 Å². The molecule has 0 aliphatic rings. The number of benzene rings is 1. The summed E-state index contributed by atoms with van der Waals surface area (Å²) in [5.41, 5.74) is 1.85. The summed E-state index contributed by atoms with van der Waals surface area (Å²) in [5.74, 6) is -0.309. The lowest BCUT2D eigenvalue weighted by atomic mass is 10.00. The molecule has 1 aromatic heterocycles. The van der Waals surface area contributed by atoms with Crippen LogP contribution < -0.4 is 5.32 Å². The molecule has 0 saturated heterocycles. The van der Waals surface area contributed by atoms with E-state index in [-0.39, 0.29) is 16.9 Å². The summed E-state index contributed by atoms with van der Waals surface area (Å²) in [6.07, 6.45) is 6.35. The number of halogens is 2. The Morgan fingerprint density at radius 1 is 1.45 bits per heavy atom. The van der Waals surface area contributed by atoms with Crippen molar-refractivity contribution in [3.63, 3.8) is 0 Å². The van der Waals surface area contributed by atoms with Crippen LogP contribution in [0.25, 0.3) is 0 Å². The Morgan fingerprint density at radius 3 is 2.90 bits per heavy atom. The van der Waals surface area contributed by atoms with Crippen LogP contribution in [0.3, 0.4) is 0 Å². The molecule has 0 spiro atoms. The van der Waals surface area contributed by atoms with E-state index in [1.165, 1.54) is 5.56 Å². The van der Waals surface area contributed by atoms with Crippen LogP contribution in [0.2, 0.25) is 5.02 Å². The lowest BCUT2D eigenvalue weighted by Crippen LogP contribution is -2.28. The van der Waals surface area contributed by atoms with Crippen LogP contribution in [0.4, 0.5) is 4.39 Å². The number of aromatic nitrogens is 2. The predicted octanol–water partition coefficient (Wildman–Crippen LogP) is 2.98. The first-order chi connectivity index (χ1) is 9.60. The molecule has 0 saturated carbocycles.